The van der Waals surface area contributed by atoms with E-state index in [4.69, 9.17) is 9.15 Å². The maximum absolute atomic E-state index is 12.7. The van der Waals surface area contributed by atoms with Gasteiger partial charge < -0.3 is 30.0 Å². The molecule has 11 heteroatoms. The highest BCUT2D eigenvalue weighted by Gasteiger charge is 2.26. The molecule has 0 aliphatic rings. The van der Waals surface area contributed by atoms with Gasteiger partial charge in [0.15, 0.2) is 22.4 Å². The van der Waals surface area contributed by atoms with Crippen molar-refractivity contribution in [2.24, 2.45) is 0 Å². The van der Waals surface area contributed by atoms with Crippen molar-refractivity contribution in [3.05, 3.63) is 63.1 Å². The van der Waals surface area contributed by atoms with Crippen LogP contribution in [0.4, 0.5) is 5.13 Å². The van der Waals surface area contributed by atoms with Crippen LogP contribution in [0.15, 0.2) is 45.1 Å². The number of ether oxygens (including phenoxy) is 1. The van der Waals surface area contributed by atoms with Gasteiger partial charge in [0, 0.05) is 37.0 Å². The van der Waals surface area contributed by atoms with E-state index in [0.717, 1.165) is 6.07 Å². The topological polar surface area (TPSA) is 151 Å². The van der Waals surface area contributed by atoms with E-state index in [0.29, 0.717) is 10.7 Å². The van der Waals surface area contributed by atoms with E-state index >= 15 is 0 Å². The lowest BCUT2D eigenvalue weighted by Gasteiger charge is -2.19. The number of carbonyl (C=O) groups excluding carboxylic acids is 2. The van der Waals surface area contributed by atoms with Crippen molar-refractivity contribution in [2.45, 2.75) is 25.7 Å². The summed E-state index contributed by atoms with van der Waals surface area (Å²) in [5, 5.41) is 27.7. The molecule has 0 spiro atoms. The van der Waals surface area contributed by atoms with Crippen molar-refractivity contribution >= 4 is 28.3 Å². The molecule has 0 unspecified atom stereocenters. The average Bonchev–Trinajstić information content (AvgIpc) is 3.28. The van der Waals surface area contributed by atoms with Gasteiger partial charge in [-0.2, -0.15) is 0 Å². The molecule has 3 aromatic rings. The number of aromatic nitrogens is 1. The molecule has 33 heavy (non-hydrogen) atoms. The van der Waals surface area contributed by atoms with Gasteiger partial charge in [0.2, 0.25) is 23.0 Å². The molecule has 4 N–H and O–H groups in total. The van der Waals surface area contributed by atoms with E-state index in [-0.39, 0.29) is 48.3 Å². The molecule has 2 aromatic heterocycles. The summed E-state index contributed by atoms with van der Waals surface area (Å²) in [5.41, 5.74) is -0.158. The lowest BCUT2D eigenvalue weighted by Crippen LogP contribution is -2.29. The highest BCUT2D eigenvalue weighted by molar-refractivity contribution is 7.13. The Morgan fingerprint density at radius 3 is 2.73 bits per heavy atom. The van der Waals surface area contributed by atoms with Crippen molar-refractivity contribution in [1.82, 2.24) is 10.3 Å². The number of rotatable bonds is 9. The Morgan fingerprint density at radius 1 is 1.24 bits per heavy atom. The summed E-state index contributed by atoms with van der Waals surface area (Å²) in [5.74, 6) is -1.95. The van der Waals surface area contributed by atoms with Gasteiger partial charge in [-0.25, -0.2) is 4.98 Å². The van der Waals surface area contributed by atoms with Crippen LogP contribution in [0.25, 0.3) is 0 Å². The number of anilines is 1. The molecule has 2 amide bonds. The number of aromatic hydroxyl groups is 2. The second-order valence-corrected chi connectivity index (χ2v) is 8.00. The fraction of sp³-hybridized carbons (Fsp3) is 0.273. The molecule has 2 heterocycles. The molecule has 10 nitrogen and oxygen atoms in total. The summed E-state index contributed by atoms with van der Waals surface area (Å²) in [4.78, 5) is 40.7. The molecule has 0 aliphatic heterocycles. The number of methoxy groups -OCH3 is 1. The number of phenols is 1. The quantitative estimate of drug-likeness (QED) is 0.370. The van der Waals surface area contributed by atoms with E-state index in [9.17, 15) is 24.6 Å². The minimum Gasteiger partial charge on any atom is -0.504 e. The van der Waals surface area contributed by atoms with Crippen LogP contribution < -0.4 is 20.8 Å². The van der Waals surface area contributed by atoms with Gasteiger partial charge in [-0.3, -0.25) is 14.4 Å². The summed E-state index contributed by atoms with van der Waals surface area (Å²) in [6.07, 6.45) is 1.41. The van der Waals surface area contributed by atoms with Crippen LogP contribution in [0.5, 0.6) is 17.2 Å². The normalized spacial score (nSPS) is 11.6. The van der Waals surface area contributed by atoms with Crippen molar-refractivity contribution in [3.8, 4) is 17.2 Å². The van der Waals surface area contributed by atoms with Crippen LogP contribution in [0.1, 0.15) is 35.8 Å². The summed E-state index contributed by atoms with van der Waals surface area (Å²) in [6, 6.07) is 5.57. The highest BCUT2D eigenvalue weighted by Crippen LogP contribution is 2.37. The molecular weight excluding hydrogens is 450 g/mol. The van der Waals surface area contributed by atoms with Gasteiger partial charge in [0.05, 0.1) is 13.0 Å². The van der Waals surface area contributed by atoms with E-state index < -0.39 is 23.0 Å². The number of phenolic OH excluding ortho intramolecular Hbond substituents is 1. The SMILES string of the molecule is COc1cc([C@H](CC(=O)NCCC(=O)Nc2nccs2)c2oc(C)cc(=O)c2O)ccc1O. The van der Waals surface area contributed by atoms with Gasteiger partial charge >= 0.3 is 0 Å². The molecule has 0 bridgehead atoms. The molecule has 0 saturated heterocycles. The minimum absolute atomic E-state index is 0.0355. The van der Waals surface area contributed by atoms with Gasteiger partial charge in [0.1, 0.15) is 5.76 Å². The van der Waals surface area contributed by atoms with Gasteiger partial charge in [-0.1, -0.05) is 6.07 Å². The van der Waals surface area contributed by atoms with E-state index in [1.807, 2.05) is 0 Å². The number of hydrogen-bond acceptors (Lipinski definition) is 9. The Labute approximate surface area is 192 Å². The van der Waals surface area contributed by atoms with Crippen LogP contribution in [0, 0.1) is 6.92 Å². The van der Waals surface area contributed by atoms with Crippen LogP contribution in [-0.4, -0.2) is 40.7 Å². The lowest BCUT2D eigenvalue weighted by atomic mass is 9.91. The van der Waals surface area contributed by atoms with Crippen LogP contribution >= 0.6 is 11.3 Å². The molecule has 1 atom stereocenters. The summed E-state index contributed by atoms with van der Waals surface area (Å²) in [6.45, 7) is 1.63. The second-order valence-electron chi connectivity index (χ2n) is 7.11. The number of benzene rings is 1. The van der Waals surface area contributed by atoms with Crippen molar-refractivity contribution in [3.63, 3.8) is 0 Å². The highest BCUT2D eigenvalue weighted by atomic mass is 32.1. The van der Waals surface area contributed by atoms with E-state index in [1.54, 1.807) is 24.6 Å². The zero-order chi connectivity index (χ0) is 24.0. The fourth-order valence-corrected chi connectivity index (χ4v) is 3.72. The summed E-state index contributed by atoms with van der Waals surface area (Å²) < 4.78 is 10.7. The van der Waals surface area contributed by atoms with Crippen LogP contribution in [0.2, 0.25) is 0 Å². The first-order chi connectivity index (χ1) is 15.8. The molecule has 0 aliphatic carbocycles. The standard InChI is InChI=1S/C22H23N3O7S/c1-12-9-16(27)20(30)21(32-12)14(13-3-4-15(26)17(10-13)31-2)11-19(29)23-6-5-18(28)25-22-24-7-8-33-22/h3-4,7-10,14,26,30H,5-6,11H2,1-2H3,(H,23,29)(H,24,25,28)/t14-/m0/s1. The third kappa shape index (κ3) is 6.10. The Kier molecular flexibility index (Phi) is 7.67. The molecule has 174 valence electrons. The first-order valence-corrected chi connectivity index (χ1v) is 10.8. The third-order valence-corrected chi connectivity index (χ3v) is 5.43. The predicted molar refractivity (Wildman–Crippen MR) is 121 cm³/mol. The predicted octanol–water partition coefficient (Wildman–Crippen LogP) is 2.49. The van der Waals surface area contributed by atoms with E-state index in [1.165, 1.54) is 30.6 Å². The largest absolute Gasteiger partial charge is 0.504 e. The molecule has 0 fully saturated rings. The van der Waals surface area contributed by atoms with Gasteiger partial charge in [-0.05, 0) is 24.6 Å². The number of hydrogen-bond donors (Lipinski definition) is 4. The minimum atomic E-state index is -0.851. The number of thiazole rings is 1. The Bertz CT molecular complexity index is 1190. The van der Waals surface area contributed by atoms with Gasteiger partial charge in [0.25, 0.3) is 0 Å². The Balaban J connectivity index is 1.76. The maximum atomic E-state index is 12.7. The Morgan fingerprint density at radius 2 is 2.03 bits per heavy atom. The van der Waals surface area contributed by atoms with Crippen molar-refractivity contribution < 1.29 is 29.0 Å². The molecule has 3 rings (SSSR count). The molecule has 0 saturated carbocycles. The summed E-state index contributed by atoms with van der Waals surface area (Å²) in [7, 11) is 1.38. The number of aryl methyl sites for hydroxylation is 1. The van der Waals surface area contributed by atoms with Gasteiger partial charge in [-0.15, -0.1) is 11.3 Å². The smallest absolute Gasteiger partial charge is 0.227 e. The second kappa shape index (κ2) is 10.6. The molecule has 0 radical (unpaired) electrons. The molecule has 1 aromatic carbocycles. The average molecular weight is 474 g/mol. The fourth-order valence-electron chi connectivity index (χ4n) is 3.17. The zero-order valence-corrected chi connectivity index (χ0v) is 18.8. The number of nitrogens with one attached hydrogen (secondary N) is 2. The number of amides is 2. The Hall–Kier alpha value is -3.86. The van der Waals surface area contributed by atoms with Crippen molar-refractivity contribution in [2.75, 3.05) is 19.0 Å². The third-order valence-electron chi connectivity index (χ3n) is 4.74. The van der Waals surface area contributed by atoms with Crippen LogP contribution in [0.3, 0.4) is 0 Å². The first-order valence-electron chi connectivity index (χ1n) is 9.95. The first kappa shape index (κ1) is 23.8. The number of nitrogens with zero attached hydrogens (tertiary/aromatic N) is 1. The zero-order valence-electron chi connectivity index (χ0n) is 18.0. The lowest BCUT2D eigenvalue weighted by molar-refractivity contribution is -0.121. The van der Waals surface area contributed by atoms with Crippen molar-refractivity contribution in [1.29, 1.82) is 0 Å². The summed E-state index contributed by atoms with van der Waals surface area (Å²) >= 11 is 1.28. The molecular formula is C22H23N3O7S. The van der Waals surface area contributed by atoms with E-state index in [2.05, 4.69) is 15.6 Å². The maximum Gasteiger partial charge on any atom is 0.227 e. The van der Waals surface area contributed by atoms with Crippen LogP contribution in [-0.2, 0) is 9.59 Å². The number of carbonyl (C=O) groups is 2. The monoisotopic (exact) mass is 473 g/mol.